The van der Waals surface area contributed by atoms with Crippen LogP contribution in [0.4, 0.5) is 0 Å². The average molecular weight is 289 g/mol. The molecule has 0 spiro atoms. The largest absolute Gasteiger partial charge is 0.491 e. The molecule has 0 saturated heterocycles. The van der Waals surface area contributed by atoms with E-state index in [0.29, 0.717) is 6.54 Å². The Balaban J connectivity index is 2.43. The van der Waals surface area contributed by atoms with Gasteiger partial charge < -0.3 is 15.2 Å². The molecular formula is C17H23NO3. The van der Waals surface area contributed by atoms with Gasteiger partial charge in [-0.1, -0.05) is 42.5 Å². The molecule has 4 nitrogen and oxygen atoms in total. The van der Waals surface area contributed by atoms with Crippen LogP contribution in [0.2, 0.25) is 0 Å². The number of methoxy groups -OCH3 is 1. The van der Waals surface area contributed by atoms with Crippen molar-refractivity contribution in [3.63, 3.8) is 0 Å². The van der Waals surface area contributed by atoms with Crippen molar-refractivity contribution in [3.05, 3.63) is 53.8 Å². The maximum Gasteiger partial charge on any atom is 0.286 e. The summed E-state index contributed by atoms with van der Waals surface area (Å²) in [6.07, 6.45) is 7.87. The van der Waals surface area contributed by atoms with Gasteiger partial charge in [0.05, 0.1) is 7.11 Å². The van der Waals surface area contributed by atoms with Crippen molar-refractivity contribution >= 4 is 12.0 Å². The van der Waals surface area contributed by atoms with Crippen LogP contribution in [0, 0.1) is 0 Å². The highest BCUT2D eigenvalue weighted by Gasteiger charge is 2.07. The highest BCUT2D eigenvalue weighted by atomic mass is 16.5. The van der Waals surface area contributed by atoms with Crippen molar-refractivity contribution in [2.45, 2.75) is 19.3 Å². The fourth-order valence-corrected chi connectivity index (χ4v) is 1.75. The van der Waals surface area contributed by atoms with Gasteiger partial charge in [0.1, 0.15) is 0 Å². The predicted molar refractivity (Wildman–Crippen MR) is 84.5 cm³/mol. The molecule has 0 aromatic heterocycles. The number of hydrogen-bond donors (Lipinski definition) is 2. The first-order chi connectivity index (χ1) is 10.3. The zero-order valence-corrected chi connectivity index (χ0v) is 12.4. The number of benzene rings is 1. The van der Waals surface area contributed by atoms with Crippen molar-refractivity contribution in [3.8, 4) is 0 Å². The van der Waals surface area contributed by atoms with Gasteiger partial charge in [-0.2, -0.15) is 0 Å². The lowest BCUT2D eigenvalue weighted by molar-refractivity contribution is -0.120. The minimum Gasteiger partial charge on any atom is -0.491 e. The third-order valence-corrected chi connectivity index (χ3v) is 2.90. The summed E-state index contributed by atoms with van der Waals surface area (Å²) in [5.74, 6) is 0.0588. The van der Waals surface area contributed by atoms with Crippen LogP contribution in [-0.2, 0) is 9.53 Å². The number of ether oxygens (including phenoxy) is 1. The number of amides is 1. The van der Waals surface area contributed by atoms with Gasteiger partial charge in [-0.05, 0) is 30.9 Å². The van der Waals surface area contributed by atoms with Gasteiger partial charge in [0.25, 0.3) is 5.91 Å². The number of carbonyl (C=O) groups is 1. The number of hydrogen-bond acceptors (Lipinski definition) is 3. The van der Waals surface area contributed by atoms with Crippen LogP contribution in [0.1, 0.15) is 24.8 Å². The van der Waals surface area contributed by atoms with E-state index in [4.69, 9.17) is 9.84 Å². The molecule has 21 heavy (non-hydrogen) atoms. The van der Waals surface area contributed by atoms with Crippen LogP contribution in [0.3, 0.4) is 0 Å². The Morgan fingerprint density at radius 1 is 1.24 bits per heavy atom. The second kappa shape index (κ2) is 10.7. The normalized spacial score (nSPS) is 11.6. The average Bonchev–Trinajstić information content (AvgIpc) is 2.52. The standard InChI is InChI=1S/C17H23NO3/c1-21-16(17(20)18-13-6-3-7-14-19)12-8-11-15-9-4-2-5-10-15/h2,4-5,8-12,19H,3,6-7,13-14H2,1H3,(H,18,20). The molecule has 4 heteroatoms. The topological polar surface area (TPSA) is 58.6 Å². The molecule has 114 valence electrons. The Morgan fingerprint density at radius 2 is 2.00 bits per heavy atom. The first-order valence-electron chi connectivity index (χ1n) is 7.14. The molecule has 0 unspecified atom stereocenters. The number of aliphatic hydroxyl groups is 1. The zero-order valence-electron chi connectivity index (χ0n) is 12.4. The first-order valence-corrected chi connectivity index (χ1v) is 7.14. The van der Waals surface area contributed by atoms with E-state index < -0.39 is 0 Å². The molecule has 0 aliphatic rings. The Bertz CT molecular complexity index is 466. The summed E-state index contributed by atoms with van der Waals surface area (Å²) in [4.78, 5) is 11.9. The van der Waals surface area contributed by atoms with Gasteiger partial charge in [-0.25, -0.2) is 0 Å². The molecule has 1 aromatic rings. The van der Waals surface area contributed by atoms with E-state index in [1.807, 2.05) is 36.4 Å². The number of aliphatic hydroxyl groups excluding tert-OH is 1. The molecule has 1 aromatic carbocycles. The molecule has 0 radical (unpaired) electrons. The lowest BCUT2D eigenvalue weighted by Crippen LogP contribution is -2.26. The second-order valence-corrected chi connectivity index (χ2v) is 4.55. The van der Waals surface area contributed by atoms with Crippen LogP contribution in [0.15, 0.2) is 48.2 Å². The van der Waals surface area contributed by atoms with Gasteiger partial charge in [0, 0.05) is 13.2 Å². The highest BCUT2D eigenvalue weighted by molar-refractivity contribution is 5.91. The predicted octanol–water partition coefficient (Wildman–Crippen LogP) is 2.51. The number of carbonyl (C=O) groups excluding carboxylic acids is 1. The summed E-state index contributed by atoms with van der Waals surface area (Å²) in [6.45, 7) is 0.781. The maximum atomic E-state index is 11.9. The fraction of sp³-hybridized carbons (Fsp3) is 0.353. The van der Waals surface area contributed by atoms with Gasteiger partial charge in [-0.15, -0.1) is 0 Å². The zero-order chi connectivity index (χ0) is 15.3. The molecule has 0 bridgehead atoms. The SMILES string of the molecule is COC(=CC=Cc1ccccc1)C(=O)NCCCCCO. The number of nitrogens with one attached hydrogen (secondary N) is 1. The third-order valence-electron chi connectivity index (χ3n) is 2.90. The third kappa shape index (κ3) is 7.32. The summed E-state index contributed by atoms with van der Waals surface area (Å²) in [6, 6.07) is 9.84. The second-order valence-electron chi connectivity index (χ2n) is 4.55. The molecule has 0 aliphatic heterocycles. The first kappa shape index (κ1) is 17.0. The molecule has 0 heterocycles. The molecule has 0 fully saturated rings. The molecule has 2 N–H and O–H groups in total. The van der Waals surface area contributed by atoms with Crippen LogP contribution in [0.25, 0.3) is 6.08 Å². The number of allylic oxidation sites excluding steroid dienone is 2. The van der Waals surface area contributed by atoms with E-state index in [1.165, 1.54) is 7.11 Å². The molecule has 1 amide bonds. The van der Waals surface area contributed by atoms with Crippen LogP contribution in [0.5, 0.6) is 0 Å². The minimum atomic E-state index is -0.223. The van der Waals surface area contributed by atoms with E-state index in [0.717, 1.165) is 24.8 Å². The Morgan fingerprint density at radius 3 is 2.67 bits per heavy atom. The van der Waals surface area contributed by atoms with Gasteiger partial charge in [-0.3, -0.25) is 4.79 Å². The smallest absolute Gasteiger partial charge is 0.286 e. The van der Waals surface area contributed by atoms with Crippen LogP contribution in [-0.4, -0.2) is 31.3 Å². The van der Waals surface area contributed by atoms with Crippen molar-refractivity contribution in [2.75, 3.05) is 20.3 Å². The Kier molecular flexibility index (Phi) is 8.64. The van der Waals surface area contributed by atoms with Crippen molar-refractivity contribution in [2.24, 2.45) is 0 Å². The van der Waals surface area contributed by atoms with E-state index in [1.54, 1.807) is 12.2 Å². The quantitative estimate of drug-likeness (QED) is 0.318. The summed E-state index contributed by atoms with van der Waals surface area (Å²) < 4.78 is 5.09. The molecule has 0 atom stereocenters. The van der Waals surface area contributed by atoms with Crippen molar-refractivity contribution < 1.29 is 14.6 Å². The highest BCUT2D eigenvalue weighted by Crippen LogP contribution is 2.03. The summed E-state index contributed by atoms with van der Waals surface area (Å²) in [7, 11) is 1.48. The summed E-state index contributed by atoms with van der Waals surface area (Å²) in [5, 5.41) is 11.5. The number of unbranched alkanes of at least 4 members (excludes halogenated alkanes) is 2. The molecule has 0 saturated carbocycles. The van der Waals surface area contributed by atoms with Gasteiger partial charge in [0.2, 0.25) is 0 Å². The van der Waals surface area contributed by atoms with Gasteiger partial charge in [0.15, 0.2) is 5.76 Å². The summed E-state index contributed by atoms with van der Waals surface area (Å²) in [5.41, 5.74) is 1.06. The molecular weight excluding hydrogens is 266 g/mol. The van der Waals surface area contributed by atoms with Crippen LogP contribution >= 0.6 is 0 Å². The summed E-state index contributed by atoms with van der Waals surface area (Å²) >= 11 is 0. The van der Waals surface area contributed by atoms with Crippen molar-refractivity contribution in [1.29, 1.82) is 0 Å². The van der Waals surface area contributed by atoms with E-state index in [9.17, 15) is 4.79 Å². The molecule has 1 rings (SSSR count). The lowest BCUT2D eigenvalue weighted by Gasteiger charge is -2.06. The Labute approximate surface area is 126 Å². The van der Waals surface area contributed by atoms with Gasteiger partial charge >= 0.3 is 0 Å². The minimum absolute atomic E-state index is 0.196. The van der Waals surface area contributed by atoms with Crippen LogP contribution < -0.4 is 5.32 Å². The lowest BCUT2D eigenvalue weighted by atomic mass is 10.2. The van der Waals surface area contributed by atoms with Crippen molar-refractivity contribution in [1.82, 2.24) is 5.32 Å². The monoisotopic (exact) mass is 289 g/mol. The Hall–Kier alpha value is -2.07. The number of rotatable bonds is 9. The van der Waals surface area contributed by atoms with E-state index in [2.05, 4.69) is 5.32 Å². The van der Waals surface area contributed by atoms with E-state index >= 15 is 0 Å². The maximum absolute atomic E-state index is 11.9. The fourth-order valence-electron chi connectivity index (χ4n) is 1.75. The molecule has 0 aliphatic carbocycles. The van der Waals surface area contributed by atoms with E-state index in [-0.39, 0.29) is 18.3 Å².